The van der Waals surface area contributed by atoms with Gasteiger partial charge in [0, 0.05) is 43.3 Å². The van der Waals surface area contributed by atoms with Crippen LogP contribution >= 0.6 is 11.8 Å². The van der Waals surface area contributed by atoms with Crippen molar-refractivity contribution in [2.24, 2.45) is 29.6 Å². The van der Waals surface area contributed by atoms with Gasteiger partial charge in [-0.3, -0.25) is 9.69 Å². The van der Waals surface area contributed by atoms with E-state index < -0.39 is 5.97 Å². The van der Waals surface area contributed by atoms with Crippen molar-refractivity contribution < 1.29 is 9.90 Å². The summed E-state index contributed by atoms with van der Waals surface area (Å²) in [5, 5.41) is 13.7. The number of aliphatic carboxylic acids is 1. The number of fused-ring (bicyclic) bond motifs is 4. The van der Waals surface area contributed by atoms with Crippen molar-refractivity contribution in [2.75, 3.05) is 18.4 Å². The van der Waals surface area contributed by atoms with Crippen LogP contribution in [0.5, 0.6) is 0 Å². The first-order valence-electron chi connectivity index (χ1n) is 10.3. The molecule has 3 aliphatic rings. The average Bonchev–Trinajstić information content (AvgIpc) is 2.83. The van der Waals surface area contributed by atoms with Crippen molar-refractivity contribution in [1.29, 1.82) is 0 Å². The molecule has 2 N–H and O–H groups in total. The molecule has 2 bridgehead atoms. The summed E-state index contributed by atoms with van der Waals surface area (Å²) >= 11 is 1.65. The zero-order valence-electron chi connectivity index (χ0n) is 16.7. The molecule has 2 unspecified atom stereocenters. The monoisotopic (exact) mass is 410 g/mol. The number of nitrogens with one attached hydrogen (secondary N) is 1. The molecule has 2 aromatic rings. The van der Waals surface area contributed by atoms with E-state index in [1.165, 1.54) is 10.5 Å². The molecule has 4 atom stereocenters. The topological polar surface area (TPSA) is 78.3 Å². The van der Waals surface area contributed by atoms with E-state index in [2.05, 4.69) is 52.2 Å². The molecule has 152 valence electrons. The van der Waals surface area contributed by atoms with E-state index in [0.717, 1.165) is 36.2 Å². The Labute approximate surface area is 175 Å². The summed E-state index contributed by atoms with van der Waals surface area (Å²) in [6.07, 6.45) is 3.75. The smallest absolute Gasteiger partial charge is 0.303 e. The molecule has 1 aromatic carbocycles. The number of aromatic nitrogens is 2. The fraction of sp³-hybridized carbons (Fsp3) is 0.500. The maximum absolute atomic E-state index is 11.4. The number of likely N-dealkylation sites (tertiary alicyclic amines) is 1. The second-order valence-corrected chi connectivity index (χ2v) is 9.80. The Hall–Kier alpha value is -2.12. The van der Waals surface area contributed by atoms with Gasteiger partial charge in [0.15, 0.2) is 5.82 Å². The fourth-order valence-electron chi connectivity index (χ4n) is 5.62. The van der Waals surface area contributed by atoms with Crippen LogP contribution in [0.15, 0.2) is 40.5 Å². The lowest BCUT2D eigenvalue weighted by Crippen LogP contribution is -2.43. The van der Waals surface area contributed by atoms with Crippen LogP contribution in [0.4, 0.5) is 11.5 Å². The number of carboxylic acid groups (broad SMARTS) is 1. The highest BCUT2D eigenvalue weighted by Gasteiger charge is 2.50. The molecule has 2 fully saturated rings. The predicted molar refractivity (Wildman–Crippen MR) is 112 cm³/mol. The minimum absolute atomic E-state index is 0.318. The number of rotatable bonds is 4. The first-order valence-corrected chi connectivity index (χ1v) is 11.1. The number of anilines is 2. The summed E-state index contributed by atoms with van der Waals surface area (Å²) in [7, 11) is 0. The molecule has 3 heterocycles. The lowest BCUT2D eigenvalue weighted by atomic mass is 9.80. The highest BCUT2D eigenvalue weighted by Crippen LogP contribution is 2.51. The number of piperidine rings is 1. The van der Waals surface area contributed by atoms with Crippen LogP contribution in [0.3, 0.4) is 0 Å². The first kappa shape index (κ1) is 18.9. The third-order valence-corrected chi connectivity index (χ3v) is 8.27. The van der Waals surface area contributed by atoms with Gasteiger partial charge in [-0.25, -0.2) is 9.97 Å². The summed E-state index contributed by atoms with van der Waals surface area (Å²) in [4.78, 5) is 23.8. The van der Waals surface area contributed by atoms with Crippen molar-refractivity contribution in [1.82, 2.24) is 14.9 Å². The van der Waals surface area contributed by atoms with Gasteiger partial charge in [0.05, 0.1) is 5.69 Å². The van der Waals surface area contributed by atoms with Crippen molar-refractivity contribution in [3.63, 3.8) is 0 Å². The van der Waals surface area contributed by atoms with E-state index >= 15 is 0 Å². The molecule has 0 spiro atoms. The van der Waals surface area contributed by atoms with Gasteiger partial charge in [0.2, 0.25) is 0 Å². The standard InChI is InChI=1S/C22H26N4O2S/c1-12-13(2)17-11-26(10-16(12)15(17)8-20(27)28)9-14-3-4-19-18(7-14)25-21-22(29-19)24-6-5-23-21/h3-7,12-13,15-17H,8-11H2,1-2H3,(H,23,25)(H,27,28)/t12-,13-,15?,16?,17?/m1/s1. The Balaban J connectivity index is 1.32. The maximum atomic E-state index is 11.4. The number of nitrogens with zero attached hydrogens (tertiary/aromatic N) is 3. The third kappa shape index (κ3) is 3.40. The molecule has 2 aliphatic heterocycles. The van der Waals surface area contributed by atoms with E-state index in [1.54, 1.807) is 24.2 Å². The van der Waals surface area contributed by atoms with E-state index in [9.17, 15) is 9.90 Å². The van der Waals surface area contributed by atoms with Crippen LogP contribution in [0.2, 0.25) is 0 Å². The zero-order chi connectivity index (χ0) is 20.1. The molecular formula is C22H26N4O2S. The Morgan fingerprint density at radius 3 is 2.66 bits per heavy atom. The molecular weight excluding hydrogens is 384 g/mol. The van der Waals surface area contributed by atoms with Crippen LogP contribution in [-0.2, 0) is 11.3 Å². The van der Waals surface area contributed by atoms with Crippen LogP contribution in [0.1, 0.15) is 25.8 Å². The van der Waals surface area contributed by atoms with Crippen LogP contribution in [0.25, 0.3) is 0 Å². The molecule has 1 aromatic heterocycles. The quantitative estimate of drug-likeness (QED) is 0.670. The Morgan fingerprint density at radius 1 is 1.21 bits per heavy atom. The second kappa shape index (κ2) is 7.29. The minimum atomic E-state index is -0.651. The number of hydrogen-bond donors (Lipinski definition) is 2. The van der Waals surface area contributed by atoms with Gasteiger partial charge in [0.1, 0.15) is 5.03 Å². The summed E-state index contributed by atoms with van der Waals surface area (Å²) in [5.41, 5.74) is 2.37. The van der Waals surface area contributed by atoms with Crippen LogP contribution in [0, 0.1) is 29.6 Å². The highest BCUT2D eigenvalue weighted by molar-refractivity contribution is 7.99. The molecule has 1 saturated heterocycles. The molecule has 0 amide bonds. The molecule has 7 heteroatoms. The van der Waals surface area contributed by atoms with E-state index in [4.69, 9.17) is 0 Å². The Morgan fingerprint density at radius 2 is 1.93 bits per heavy atom. The van der Waals surface area contributed by atoms with Gasteiger partial charge in [-0.15, -0.1) is 0 Å². The molecule has 1 saturated carbocycles. The molecule has 29 heavy (non-hydrogen) atoms. The summed E-state index contributed by atoms with van der Waals surface area (Å²) < 4.78 is 0. The van der Waals surface area contributed by atoms with Gasteiger partial charge in [0.25, 0.3) is 0 Å². The normalized spacial score (nSPS) is 30.3. The number of benzene rings is 1. The van der Waals surface area contributed by atoms with Gasteiger partial charge in [-0.1, -0.05) is 31.7 Å². The molecule has 6 nitrogen and oxygen atoms in total. The van der Waals surface area contributed by atoms with E-state index in [-0.39, 0.29) is 0 Å². The lowest BCUT2D eigenvalue weighted by Gasteiger charge is -2.38. The Bertz CT molecular complexity index is 934. The molecule has 0 radical (unpaired) electrons. The minimum Gasteiger partial charge on any atom is -0.481 e. The summed E-state index contributed by atoms with van der Waals surface area (Å²) in [6.45, 7) is 7.51. The van der Waals surface area contributed by atoms with Crippen molar-refractivity contribution in [3.05, 3.63) is 36.2 Å². The highest BCUT2D eigenvalue weighted by atomic mass is 32.2. The van der Waals surface area contributed by atoms with E-state index in [0.29, 0.717) is 36.0 Å². The molecule has 5 rings (SSSR count). The third-order valence-electron chi connectivity index (χ3n) is 7.20. The Kier molecular flexibility index (Phi) is 4.75. The predicted octanol–water partition coefficient (Wildman–Crippen LogP) is 4.11. The second-order valence-electron chi connectivity index (χ2n) is 8.77. The SMILES string of the molecule is C[C@H]1C2CN(Cc3ccc4c(c3)Nc3nccnc3S4)CC(C2CC(=O)O)[C@@H]1C. The number of carboxylic acids is 1. The van der Waals surface area contributed by atoms with Crippen molar-refractivity contribution in [3.8, 4) is 0 Å². The molecule has 1 aliphatic carbocycles. The zero-order valence-corrected chi connectivity index (χ0v) is 17.5. The largest absolute Gasteiger partial charge is 0.481 e. The number of carbonyl (C=O) groups is 1. The first-order chi connectivity index (χ1) is 14.0. The lowest BCUT2D eigenvalue weighted by molar-refractivity contribution is -0.139. The van der Waals surface area contributed by atoms with Crippen molar-refractivity contribution >= 4 is 29.2 Å². The summed E-state index contributed by atoms with van der Waals surface area (Å²) in [6, 6.07) is 6.59. The van der Waals surface area contributed by atoms with Gasteiger partial charge in [-0.05, 0) is 47.3 Å². The van der Waals surface area contributed by atoms with Crippen molar-refractivity contribution in [2.45, 2.75) is 36.7 Å². The van der Waals surface area contributed by atoms with E-state index in [1.807, 2.05) is 0 Å². The van der Waals surface area contributed by atoms with Gasteiger partial charge < -0.3 is 10.4 Å². The fourth-order valence-corrected chi connectivity index (χ4v) is 6.50. The van der Waals surface area contributed by atoms with Crippen LogP contribution in [-0.4, -0.2) is 39.0 Å². The average molecular weight is 411 g/mol. The van der Waals surface area contributed by atoms with Crippen LogP contribution < -0.4 is 5.32 Å². The van der Waals surface area contributed by atoms with Gasteiger partial charge in [-0.2, -0.15) is 0 Å². The van der Waals surface area contributed by atoms with Gasteiger partial charge >= 0.3 is 5.97 Å². The number of hydrogen-bond acceptors (Lipinski definition) is 6. The summed E-state index contributed by atoms with van der Waals surface area (Å²) in [5.74, 6) is 2.63. The maximum Gasteiger partial charge on any atom is 0.303 e.